The first kappa shape index (κ1) is 11.2. The van der Waals surface area contributed by atoms with Crippen LogP contribution >= 0.6 is 0 Å². The molecule has 0 bridgehead atoms. The topological polar surface area (TPSA) is 17.1 Å². The fourth-order valence-corrected chi connectivity index (χ4v) is 3.57. The molecule has 2 saturated carbocycles. The minimum Gasteiger partial charge on any atom is -0.300 e. The van der Waals surface area contributed by atoms with Gasteiger partial charge >= 0.3 is 0 Å². The average molecular weight is 208 g/mol. The van der Waals surface area contributed by atoms with E-state index in [1.54, 1.807) is 6.92 Å². The van der Waals surface area contributed by atoms with Crippen molar-refractivity contribution in [2.75, 3.05) is 0 Å². The van der Waals surface area contributed by atoms with Crippen molar-refractivity contribution in [1.29, 1.82) is 0 Å². The number of hydrogen-bond acceptors (Lipinski definition) is 1. The van der Waals surface area contributed by atoms with Crippen molar-refractivity contribution in [2.45, 2.75) is 58.8 Å². The van der Waals surface area contributed by atoms with Crippen LogP contribution < -0.4 is 0 Å². The molecule has 0 radical (unpaired) electrons. The van der Waals surface area contributed by atoms with Gasteiger partial charge in [0.1, 0.15) is 5.78 Å². The molecule has 0 amide bonds. The van der Waals surface area contributed by atoms with Crippen LogP contribution in [0.25, 0.3) is 0 Å². The van der Waals surface area contributed by atoms with Gasteiger partial charge in [0, 0.05) is 5.92 Å². The Kier molecular flexibility index (Phi) is 3.48. The van der Waals surface area contributed by atoms with Crippen LogP contribution in [0.4, 0.5) is 0 Å². The van der Waals surface area contributed by atoms with Crippen LogP contribution in [0.3, 0.4) is 0 Å². The lowest BCUT2D eigenvalue weighted by Crippen LogP contribution is -2.27. The zero-order valence-electron chi connectivity index (χ0n) is 10.2. The summed E-state index contributed by atoms with van der Waals surface area (Å²) < 4.78 is 0. The Bertz CT molecular complexity index is 233. The summed E-state index contributed by atoms with van der Waals surface area (Å²) in [5, 5.41) is 0. The molecule has 4 unspecified atom stereocenters. The number of hydrogen-bond donors (Lipinski definition) is 0. The Labute approximate surface area is 93.6 Å². The van der Waals surface area contributed by atoms with Gasteiger partial charge in [-0.05, 0) is 56.8 Å². The summed E-state index contributed by atoms with van der Waals surface area (Å²) in [6.45, 7) is 4.17. The van der Waals surface area contributed by atoms with E-state index in [0.717, 1.165) is 17.8 Å². The van der Waals surface area contributed by atoms with E-state index in [1.807, 2.05) is 0 Å². The van der Waals surface area contributed by atoms with E-state index in [0.29, 0.717) is 11.7 Å². The van der Waals surface area contributed by atoms with E-state index >= 15 is 0 Å². The maximum absolute atomic E-state index is 11.4. The molecule has 0 aromatic rings. The lowest BCUT2D eigenvalue weighted by atomic mass is 9.71. The fourth-order valence-electron chi connectivity index (χ4n) is 3.57. The molecule has 0 aromatic heterocycles. The van der Waals surface area contributed by atoms with Crippen molar-refractivity contribution >= 4 is 5.78 Å². The van der Waals surface area contributed by atoms with Gasteiger partial charge in [-0.2, -0.15) is 0 Å². The molecule has 15 heavy (non-hydrogen) atoms. The summed E-state index contributed by atoms with van der Waals surface area (Å²) in [6.07, 6.45) is 9.32. The molecular formula is C14H24O. The Morgan fingerprint density at radius 2 is 1.53 bits per heavy atom. The predicted molar refractivity (Wildman–Crippen MR) is 62.6 cm³/mol. The van der Waals surface area contributed by atoms with Crippen molar-refractivity contribution < 1.29 is 4.79 Å². The SMILES string of the molecule is CC(=O)C1CCC2CCC(C)CCC2C1. The van der Waals surface area contributed by atoms with Crippen LogP contribution in [0.5, 0.6) is 0 Å². The molecule has 0 saturated heterocycles. The maximum Gasteiger partial charge on any atom is 0.132 e. The minimum absolute atomic E-state index is 0.402. The van der Waals surface area contributed by atoms with Crippen molar-refractivity contribution in [3.8, 4) is 0 Å². The quantitative estimate of drug-likeness (QED) is 0.640. The van der Waals surface area contributed by atoms with Gasteiger partial charge in [0.15, 0.2) is 0 Å². The molecule has 4 atom stereocenters. The highest BCUT2D eigenvalue weighted by Gasteiger charge is 2.33. The lowest BCUT2D eigenvalue weighted by molar-refractivity contribution is -0.122. The van der Waals surface area contributed by atoms with E-state index in [2.05, 4.69) is 6.92 Å². The molecule has 0 heterocycles. The van der Waals surface area contributed by atoms with E-state index < -0.39 is 0 Å². The van der Waals surface area contributed by atoms with Gasteiger partial charge in [0.25, 0.3) is 0 Å². The van der Waals surface area contributed by atoms with Gasteiger partial charge < -0.3 is 0 Å². The first-order valence-electron chi connectivity index (χ1n) is 6.67. The predicted octanol–water partition coefficient (Wildman–Crippen LogP) is 3.82. The van der Waals surface area contributed by atoms with E-state index in [-0.39, 0.29) is 0 Å². The maximum atomic E-state index is 11.4. The second-order valence-electron chi connectivity index (χ2n) is 5.90. The van der Waals surface area contributed by atoms with Crippen LogP contribution in [-0.4, -0.2) is 5.78 Å². The highest BCUT2D eigenvalue weighted by atomic mass is 16.1. The van der Waals surface area contributed by atoms with Crippen molar-refractivity contribution in [2.24, 2.45) is 23.7 Å². The van der Waals surface area contributed by atoms with Crippen LogP contribution in [-0.2, 0) is 4.79 Å². The van der Waals surface area contributed by atoms with Crippen LogP contribution in [0, 0.1) is 23.7 Å². The van der Waals surface area contributed by atoms with Crippen LogP contribution in [0.15, 0.2) is 0 Å². The first-order valence-corrected chi connectivity index (χ1v) is 6.67. The number of carbonyl (C=O) groups excluding carboxylic acids is 1. The van der Waals surface area contributed by atoms with Crippen molar-refractivity contribution in [3.63, 3.8) is 0 Å². The van der Waals surface area contributed by atoms with Gasteiger partial charge in [0.2, 0.25) is 0 Å². The smallest absolute Gasteiger partial charge is 0.132 e. The highest BCUT2D eigenvalue weighted by molar-refractivity contribution is 5.78. The molecule has 1 nitrogen and oxygen atoms in total. The van der Waals surface area contributed by atoms with Crippen molar-refractivity contribution in [1.82, 2.24) is 0 Å². The third-order valence-electron chi connectivity index (χ3n) is 4.78. The summed E-state index contributed by atoms with van der Waals surface area (Å²) in [4.78, 5) is 11.4. The Balaban J connectivity index is 1.96. The molecule has 86 valence electrons. The lowest BCUT2D eigenvalue weighted by Gasteiger charge is -2.34. The second-order valence-corrected chi connectivity index (χ2v) is 5.90. The molecule has 2 aliphatic carbocycles. The van der Waals surface area contributed by atoms with Crippen molar-refractivity contribution in [3.05, 3.63) is 0 Å². The third-order valence-corrected chi connectivity index (χ3v) is 4.78. The number of rotatable bonds is 1. The Morgan fingerprint density at radius 1 is 0.933 bits per heavy atom. The Hall–Kier alpha value is -0.330. The largest absolute Gasteiger partial charge is 0.300 e. The van der Waals surface area contributed by atoms with E-state index in [4.69, 9.17) is 0 Å². The molecule has 0 N–H and O–H groups in total. The first-order chi connectivity index (χ1) is 7.16. The second kappa shape index (κ2) is 4.67. The number of carbonyl (C=O) groups is 1. The molecule has 0 aliphatic heterocycles. The monoisotopic (exact) mass is 208 g/mol. The molecular weight excluding hydrogens is 184 g/mol. The zero-order chi connectivity index (χ0) is 10.8. The van der Waals surface area contributed by atoms with Gasteiger partial charge in [-0.15, -0.1) is 0 Å². The summed E-state index contributed by atoms with van der Waals surface area (Å²) >= 11 is 0. The molecule has 0 aromatic carbocycles. The molecule has 1 heteroatoms. The zero-order valence-corrected chi connectivity index (χ0v) is 10.2. The molecule has 2 fully saturated rings. The minimum atomic E-state index is 0.402. The normalized spacial score (nSPS) is 41.7. The third kappa shape index (κ3) is 2.62. The molecule has 2 rings (SSSR count). The number of fused-ring (bicyclic) bond motifs is 1. The van der Waals surface area contributed by atoms with Gasteiger partial charge in [0.05, 0.1) is 0 Å². The summed E-state index contributed by atoms with van der Waals surface area (Å²) in [6, 6.07) is 0. The standard InChI is InChI=1S/C14H24O/c1-10-3-5-12-7-8-13(11(2)15)9-14(12)6-4-10/h10,12-14H,3-9H2,1-2H3. The van der Waals surface area contributed by atoms with E-state index in [1.165, 1.54) is 44.9 Å². The fraction of sp³-hybridized carbons (Fsp3) is 0.929. The van der Waals surface area contributed by atoms with E-state index in [9.17, 15) is 4.79 Å². The Morgan fingerprint density at radius 3 is 2.20 bits per heavy atom. The molecule has 0 spiro atoms. The highest BCUT2D eigenvalue weighted by Crippen LogP contribution is 2.42. The van der Waals surface area contributed by atoms with Gasteiger partial charge in [-0.1, -0.05) is 19.8 Å². The van der Waals surface area contributed by atoms with Gasteiger partial charge in [-0.25, -0.2) is 0 Å². The molecule has 2 aliphatic rings. The number of ketones is 1. The summed E-state index contributed by atoms with van der Waals surface area (Å²) in [5.41, 5.74) is 0. The van der Waals surface area contributed by atoms with Gasteiger partial charge in [-0.3, -0.25) is 4.79 Å². The number of Topliss-reactive ketones (excluding diaryl/α,β-unsaturated/α-hetero) is 1. The summed E-state index contributed by atoms with van der Waals surface area (Å²) in [7, 11) is 0. The van der Waals surface area contributed by atoms with Crippen LogP contribution in [0.1, 0.15) is 58.8 Å². The average Bonchev–Trinajstić information content (AvgIpc) is 2.40. The van der Waals surface area contributed by atoms with Crippen LogP contribution in [0.2, 0.25) is 0 Å². The summed E-state index contributed by atoms with van der Waals surface area (Å²) in [5.74, 6) is 3.58.